The van der Waals surface area contributed by atoms with Crippen LogP contribution in [0.3, 0.4) is 0 Å². The van der Waals surface area contributed by atoms with Gasteiger partial charge in [0, 0.05) is 55.4 Å². The molecule has 4 heteroatoms. The van der Waals surface area contributed by atoms with Crippen molar-refractivity contribution in [1.29, 1.82) is 0 Å². The lowest BCUT2D eigenvalue weighted by Crippen LogP contribution is -2.13. The third-order valence-electron chi connectivity index (χ3n) is 8.94. The first kappa shape index (κ1) is 29.8. The Morgan fingerprint density at radius 1 is 0.396 bits per heavy atom. The Bertz CT molecular complexity index is 2400. The highest BCUT2D eigenvalue weighted by Gasteiger charge is 2.20. The summed E-state index contributed by atoms with van der Waals surface area (Å²) in [5.41, 5.74) is 13.1. The first-order valence-corrected chi connectivity index (χ1v) is 16.9. The summed E-state index contributed by atoms with van der Waals surface area (Å²) in [6.07, 6.45) is 0. The highest BCUT2D eigenvalue weighted by molar-refractivity contribution is 9.10. The fourth-order valence-corrected chi connectivity index (χ4v) is 7.15. The molecule has 0 aliphatic rings. The van der Waals surface area contributed by atoms with Crippen LogP contribution in [0.1, 0.15) is 11.1 Å². The van der Waals surface area contributed by atoms with E-state index in [4.69, 9.17) is 4.42 Å². The van der Waals surface area contributed by atoms with Gasteiger partial charge in [-0.25, -0.2) is 0 Å². The molecule has 0 aliphatic carbocycles. The van der Waals surface area contributed by atoms with E-state index in [1.807, 2.05) is 12.1 Å². The molecule has 0 N–H and O–H groups in total. The van der Waals surface area contributed by atoms with Crippen LogP contribution in [0.15, 0.2) is 173 Å². The number of aryl methyl sites for hydroxylation is 2. The Morgan fingerprint density at radius 3 is 1.60 bits per heavy atom. The minimum atomic E-state index is 0.861. The summed E-state index contributed by atoms with van der Waals surface area (Å²) in [6, 6.07) is 57.8. The fraction of sp³-hybridized carbons (Fsp3) is 0.0455. The molecular weight excluding hydrogens is 652 g/mol. The van der Waals surface area contributed by atoms with Crippen molar-refractivity contribution < 1.29 is 4.42 Å². The number of rotatable bonds is 7. The summed E-state index contributed by atoms with van der Waals surface area (Å²) in [4.78, 5) is 4.62. The van der Waals surface area contributed by atoms with Crippen molar-refractivity contribution >= 4 is 72.0 Å². The second-order valence-electron chi connectivity index (χ2n) is 12.1. The number of hydrogen-bond acceptors (Lipinski definition) is 3. The van der Waals surface area contributed by atoms with Crippen molar-refractivity contribution in [2.75, 3.05) is 9.80 Å². The maximum absolute atomic E-state index is 6.33. The molecule has 0 aliphatic heterocycles. The van der Waals surface area contributed by atoms with Crippen LogP contribution >= 0.6 is 15.9 Å². The van der Waals surface area contributed by atoms with Crippen molar-refractivity contribution in [3.05, 3.63) is 179 Å². The van der Waals surface area contributed by atoms with Gasteiger partial charge in [-0.05, 0) is 109 Å². The summed E-state index contributed by atoms with van der Waals surface area (Å²) in [6.45, 7) is 4.37. The number of halogens is 1. The zero-order valence-electron chi connectivity index (χ0n) is 26.8. The van der Waals surface area contributed by atoms with Gasteiger partial charge in [-0.3, -0.25) is 0 Å². The highest BCUT2D eigenvalue weighted by atomic mass is 79.9. The fourth-order valence-electron chi connectivity index (χ4n) is 6.68. The number of furan rings is 1. The van der Waals surface area contributed by atoms with Crippen LogP contribution in [-0.2, 0) is 0 Å². The number of benzene rings is 7. The van der Waals surface area contributed by atoms with E-state index < -0.39 is 0 Å². The van der Waals surface area contributed by atoms with Gasteiger partial charge in [-0.2, -0.15) is 0 Å². The van der Waals surface area contributed by atoms with Crippen molar-refractivity contribution in [1.82, 2.24) is 0 Å². The number of para-hydroxylation sites is 3. The summed E-state index contributed by atoms with van der Waals surface area (Å²) in [5.74, 6) is 0. The predicted molar refractivity (Wildman–Crippen MR) is 206 cm³/mol. The monoisotopic (exact) mass is 684 g/mol. The molecule has 48 heavy (non-hydrogen) atoms. The van der Waals surface area contributed by atoms with E-state index in [0.29, 0.717) is 0 Å². The van der Waals surface area contributed by atoms with E-state index in [9.17, 15) is 0 Å². The topological polar surface area (TPSA) is 19.6 Å². The van der Waals surface area contributed by atoms with Gasteiger partial charge in [0.1, 0.15) is 11.2 Å². The molecule has 0 amide bonds. The SMILES string of the molecule is Cc1ccccc1-c1ccc(N(c2ccccc2)c2cc(Br)cc(N(c3ccccc3)c3ccc4c(c3)oc3ccccc34)c2)cc1C. The van der Waals surface area contributed by atoms with E-state index in [0.717, 1.165) is 60.5 Å². The van der Waals surface area contributed by atoms with Crippen LogP contribution in [0, 0.1) is 13.8 Å². The smallest absolute Gasteiger partial charge is 0.137 e. The molecule has 0 unspecified atom stereocenters. The van der Waals surface area contributed by atoms with Gasteiger partial charge >= 0.3 is 0 Å². The van der Waals surface area contributed by atoms with Crippen molar-refractivity contribution in [3.63, 3.8) is 0 Å². The molecule has 0 spiro atoms. The normalized spacial score (nSPS) is 11.2. The van der Waals surface area contributed by atoms with Crippen molar-refractivity contribution in [3.8, 4) is 11.1 Å². The molecule has 1 heterocycles. The second kappa shape index (κ2) is 12.6. The molecule has 0 atom stereocenters. The maximum Gasteiger partial charge on any atom is 0.137 e. The van der Waals surface area contributed by atoms with Gasteiger partial charge < -0.3 is 14.2 Å². The lowest BCUT2D eigenvalue weighted by Gasteiger charge is -2.30. The molecule has 232 valence electrons. The Balaban J connectivity index is 1.28. The molecule has 8 aromatic rings. The molecule has 0 saturated carbocycles. The minimum Gasteiger partial charge on any atom is -0.456 e. The number of anilines is 6. The Kier molecular flexibility index (Phi) is 7.79. The number of nitrogens with zero attached hydrogens (tertiary/aromatic N) is 2. The van der Waals surface area contributed by atoms with Gasteiger partial charge in [0.05, 0.1) is 0 Å². The van der Waals surface area contributed by atoms with Crippen LogP contribution in [-0.4, -0.2) is 0 Å². The van der Waals surface area contributed by atoms with E-state index in [-0.39, 0.29) is 0 Å². The Morgan fingerprint density at radius 2 is 0.938 bits per heavy atom. The van der Waals surface area contributed by atoms with E-state index in [1.54, 1.807) is 0 Å². The summed E-state index contributed by atoms with van der Waals surface area (Å²) in [5, 5.41) is 2.23. The molecule has 8 rings (SSSR count). The summed E-state index contributed by atoms with van der Waals surface area (Å²) < 4.78 is 7.31. The average Bonchev–Trinajstić information content (AvgIpc) is 3.48. The maximum atomic E-state index is 6.33. The zero-order chi connectivity index (χ0) is 32.6. The van der Waals surface area contributed by atoms with Crippen LogP contribution in [0.25, 0.3) is 33.1 Å². The Labute approximate surface area is 289 Å². The molecule has 7 aromatic carbocycles. The van der Waals surface area contributed by atoms with Gasteiger partial charge in [0.15, 0.2) is 0 Å². The lowest BCUT2D eigenvalue weighted by molar-refractivity contribution is 0.669. The lowest BCUT2D eigenvalue weighted by atomic mass is 9.96. The van der Waals surface area contributed by atoms with E-state index in [1.165, 1.54) is 22.3 Å². The van der Waals surface area contributed by atoms with Gasteiger partial charge in [-0.1, -0.05) is 101 Å². The van der Waals surface area contributed by atoms with Crippen LogP contribution < -0.4 is 9.80 Å². The van der Waals surface area contributed by atoms with Crippen LogP contribution in [0.4, 0.5) is 34.1 Å². The van der Waals surface area contributed by atoms with Crippen molar-refractivity contribution in [2.24, 2.45) is 0 Å². The first-order chi connectivity index (χ1) is 23.5. The molecule has 0 saturated heterocycles. The molecule has 3 nitrogen and oxygen atoms in total. The van der Waals surface area contributed by atoms with Crippen LogP contribution in [0.5, 0.6) is 0 Å². The molecule has 0 bridgehead atoms. The molecular formula is C44H33BrN2O. The molecule has 0 fully saturated rings. The third-order valence-corrected chi connectivity index (χ3v) is 9.39. The average molecular weight is 686 g/mol. The zero-order valence-corrected chi connectivity index (χ0v) is 28.4. The molecule has 1 aromatic heterocycles. The molecule has 0 radical (unpaired) electrons. The Hall–Kier alpha value is -5.58. The minimum absolute atomic E-state index is 0.861. The van der Waals surface area contributed by atoms with Gasteiger partial charge in [0.25, 0.3) is 0 Å². The van der Waals surface area contributed by atoms with Gasteiger partial charge in [0.2, 0.25) is 0 Å². The van der Waals surface area contributed by atoms with Gasteiger partial charge in [-0.15, -0.1) is 0 Å². The number of hydrogen-bond donors (Lipinski definition) is 0. The second-order valence-corrected chi connectivity index (χ2v) is 13.0. The first-order valence-electron chi connectivity index (χ1n) is 16.1. The highest BCUT2D eigenvalue weighted by Crippen LogP contribution is 2.44. The summed E-state index contributed by atoms with van der Waals surface area (Å²) >= 11 is 3.90. The largest absolute Gasteiger partial charge is 0.456 e. The summed E-state index contributed by atoms with van der Waals surface area (Å²) in [7, 11) is 0. The standard InChI is InChI=1S/C44H33BrN2O/c1-30-13-9-10-18-39(30)40-23-21-35(25-31(40)2)46(33-14-5-3-6-15-33)37-26-32(45)27-38(28-37)47(34-16-7-4-8-17-34)36-22-24-42-41-19-11-12-20-43(41)48-44(42)29-36/h3-29H,1-2H3. The quantitative estimate of drug-likeness (QED) is 0.166. The van der Waals surface area contributed by atoms with Crippen molar-refractivity contribution in [2.45, 2.75) is 13.8 Å². The van der Waals surface area contributed by atoms with E-state index in [2.05, 4.69) is 191 Å². The van der Waals surface area contributed by atoms with E-state index >= 15 is 0 Å². The number of fused-ring (bicyclic) bond motifs is 3. The van der Waals surface area contributed by atoms with Crippen LogP contribution in [0.2, 0.25) is 0 Å². The predicted octanol–water partition coefficient (Wildman–Crippen LogP) is 13.6. The third kappa shape index (κ3) is 5.55.